The quantitative estimate of drug-likeness (QED) is 0.845. The molecule has 0 bridgehead atoms. The fourth-order valence-corrected chi connectivity index (χ4v) is 1.42. The summed E-state index contributed by atoms with van der Waals surface area (Å²) >= 11 is 3.32. The minimum Gasteiger partial charge on any atom is -0.325 e. The number of ketones is 1. The molecule has 0 radical (unpaired) electrons. The van der Waals surface area contributed by atoms with Gasteiger partial charge in [-0.05, 0) is 26.0 Å². The Hall–Kier alpha value is -0.670. The minimum atomic E-state index is -0.440. The molecule has 0 unspecified atom stereocenters. The molecule has 0 saturated carbocycles. The van der Waals surface area contributed by atoms with E-state index in [2.05, 4.69) is 15.9 Å². The first-order valence-corrected chi connectivity index (χ1v) is 5.25. The molecule has 2 N–H and O–H groups in total. The Morgan fingerprint density at radius 3 is 2.29 bits per heavy atom. The maximum Gasteiger partial charge on any atom is 0.164 e. The summed E-state index contributed by atoms with van der Waals surface area (Å²) in [7, 11) is 0. The second-order valence-electron chi connectivity index (χ2n) is 4.10. The largest absolute Gasteiger partial charge is 0.325 e. The van der Waals surface area contributed by atoms with Crippen LogP contribution in [-0.4, -0.2) is 11.3 Å². The maximum atomic E-state index is 11.7. The number of nitrogens with two attached hydrogens (primary N) is 1. The van der Waals surface area contributed by atoms with Gasteiger partial charge in [-0.1, -0.05) is 28.1 Å². The van der Waals surface area contributed by atoms with Crippen LogP contribution in [-0.2, 0) is 0 Å². The highest BCUT2D eigenvalue weighted by molar-refractivity contribution is 9.10. The van der Waals surface area contributed by atoms with Crippen LogP contribution in [0, 0.1) is 0 Å². The number of carbonyl (C=O) groups is 1. The first-order valence-electron chi connectivity index (χ1n) is 4.46. The highest BCUT2D eigenvalue weighted by atomic mass is 79.9. The Morgan fingerprint density at radius 1 is 1.36 bits per heavy atom. The predicted octanol–water partition coefficient (Wildman–Crippen LogP) is 2.76. The van der Waals surface area contributed by atoms with Crippen molar-refractivity contribution in [3.63, 3.8) is 0 Å². The predicted molar refractivity (Wildman–Crippen MR) is 61.4 cm³/mol. The van der Waals surface area contributed by atoms with E-state index in [0.29, 0.717) is 12.0 Å². The third-order valence-corrected chi connectivity index (χ3v) is 2.31. The van der Waals surface area contributed by atoms with Gasteiger partial charge in [0.25, 0.3) is 0 Å². The smallest absolute Gasteiger partial charge is 0.164 e. The van der Waals surface area contributed by atoms with Crippen LogP contribution in [0.3, 0.4) is 0 Å². The van der Waals surface area contributed by atoms with Gasteiger partial charge in [-0.15, -0.1) is 0 Å². The summed E-state index contributed by atoms with van der Waals surface area (Å²) in [6, 6.07) is 7.32. The molecule has 0 aromatic heterocycles. The number of hydrogen-bond donors (Lipinski definition) is 1. The number of rotatable bonds is 3. The van der Waals surface area contributed by atoms with E-state index in [0.717, 1.165) is 4.47 Å². The van der Waals surface area contributed by atoms with E-state index in [9.17, 15) is 4.79 Å². The number of benzene rings is 1. The molecule has 76 valence electrons. The lowest BCUT2D eigenvalue weighted by molar-refractivity contribution is 0.0960. The highest BCUT2D eigenvalue weighted by Crippen LogP contribution is 2.14. The molecule has 0 heterocycles. The number of hydrogen-bond acceptors (Lipinski definition) is 2. The number of carbonyl (C=O) groups excluding carboxylic acids is 1. The van der Waals surface area contributed by atoms with E-state index in [-0.39, 0.29) is 5.78 Å². The van der Waals surface area contributed by atoms with Gasteiger partial charge in [0.05, 0.1) is 0 Å². The van der Waals surface area contributed by atoms with Crippen molar-refractivity contribution in [3.8, 4) is 0 Å². The van der Waals surface area contributed by atoms with Crippen LogP contribution < -0.4 is 5.73 Å². The molecule has 0 aliphatic carbocycles. The van der Waals surface area contributed by atoms with Gasteiger partial charge in [-0.25, -0.2) is 0 Å². The summed E-state index contributed by atoms with van der Waals surface area (Å²) < 4.78 is 0.973. The lowest BCUT2D eigenvalue weighted by Gasteiger charge is -2.16. The van der Waals surface area contributed by atoms with Crippen molar-refractivity contribution in [3.05, 3.63) is 34.3 Å². The molecule has 0 fully saturated rings. The third kappa shape index (κ3) is 3.60. The molecule has 1 aromatic carbocycles. The fraction of sp³-hybridized carbons (Fsp3) is 0.364. The van der Waals surface area contributed by atoms with Crippen molar-refractivity contribution in [1.29, 1.82) is 0 Å². The zero-order valence-corrected chi connectivity index (χ0v) is 9.97. The summed E-state index contributed by atoms with van der Waals surface area (Å²) in [4.78, 5) is 11.7. The fourth-order valence-electron chi connectivity index (χ4n) is 1.15. The van der Waals surface area contributed by atoms with Gasteiger partial charge in [0.15, 0.2) is 5.78 Å². The van der Waals surface area contributed by atoms with Gasteiger partial charge in [-0.3, -0.25) is 4.79 Å². The zero-order chi connectivity index (χ0) is 10.8. The topological polar surface area (TPSA) is 43.1 Å². The van der Waals surface area contributed by atoms with Crippen LogP contribution in [0.25, 0.3) is 0 Å². The summed E-state index contributed by atoms with van der Waals surface area (Å²) in [5.41, 5.74) is 6.05. The molecular formula is C11H14BrNO. The van der Waals surface area contributed by atoms with Crippen LogP contribution >= 0.6 is 15.9 Å². The first-order chi connectivity index (χ1) is 6.38. The standard InChI is InChI=1S/C11H14BrNO/c1-11(2,13)7-10(14)8-3-5-9(12)6-4-8/h3-6H,7,13H2,1-2H3. The van der Waals surface area contributed by atoms with E-state index in [1.807, 2.05) is 26.0 Å². The molecule has 14 heavy (non-hydrogen) atoms. The normalized spacial score (nSPS) is 11.4. The molecule has 0 aliphatic heterocycles. The highest BCUT2D eigenvalue weighted by Gasteiger charge is 2.17. The van der Waals surface area contributed by atoms with Crippen LogP contribution in [0.1, 0.15) is 30.6 Å². The van der Waals surface area contributed by atoms with E-state index < -0.39 is 5.54 Å². The SMILES string of the molecule is CC(C)(N)CC(=O)c1ccc(Br)cc1. The average Bonchev–Trinajstić information content (AvgIpc) is 2.02. The monoisotopic (exact) mass is 255 g/mol. The Balaban J connectivity index is 2.76. The van der Waals surface area contributed by atoms with E-state index in [1.54, 1.807) is 12.1 Å². The number of Topliss-reactive ketones (excluding diaryl/α,β-unsaturated/α-hetero) is 1. The van der Waals surface area contributed by atoms with Crippen molar-refractivity contribution in [2.45, 2.75) is 25.8 Å². The molecule has 1 aromatic rings. The van der Waals surface area contributed by atoms with Crippen molar-refractivity contribution in [1.82, 2.24) is 0 Å². The van der Waals surface area contributed by atoms with Crippen LogP contribution in [0.2, 0.25) is 0 Å². The van der Waals surface area contributed by atoms with E-state index in [4.69, 9.17) is 5.73 Å². The first kappa shape index (κ1) is 11.4. The Bertz CT molecular complexity index is 324. The van der Waals surface area contributed by atoms with Crippen LogP contribution in [0.15, 0.2) is 28.7 Å². The average molecular weight is 256 g/mol. The summed E-state index contributed by atoms with van der Waals surface area (Å²) in [5.74, 6) is 0.0880. The molecule has 1 rings (SSSR count). The lowest BCUT2D eigenvalue weighted by atomic mass is 9.95. The second-order valence-corrected chi connectivity index (χ2v) is 5.01. The van der Waals surface area contributed by atoms with Crippen LogP contribution in [0.4, 0.5) is 0 Å². The third-order valence-electron chi connectivity index (χ3n) is 1.78. The molecule has 0 atom stereocenters. The molecule has 3 heteroatoms. The summed E-state index contributed by atoms with van der Waals surface area (Å²) in [6.45, 7) is 3.70. The minimum absolute atomic E-state index is 0.0880. The van der Waals surface area contributed by atoms with Crippen molar-refractivity contribution in [2.24, 2.45) is 5.73 Å². The summed E-state index contributed by atoms with van der Waals surface area (Å²) in [6.07, 6.45) is 0.370. The maximum absolute atomic E-state index is 11.7. The molecule has 0 amide bonds. The molecule has 0 spiro atoms. The van der Waals surface area contributed by atoms with Gasteiger partial charge >= 0.3 is 0 Å². The Morgan fingerprint density at radius 2 is 1.86 bits per heavy atom. The van der Waals surface area contributed by atoms with Crippen molar-refractivity contribution in [2.75, 3.05) is 0 Å². The van der Waals surface area contributed by atoms with Gasteiger partial charge in [-0.2, -0.15) is 0 Å². The van der Waals surface area contributed by atoms with E-state index in [1.165, 1.54) is 0 Å². The number of halogens is 1. The van der Waals surface area contributed by atoms with Crippen molar-refractivity contribution < 1.29 is 4.79 Å². The Kier molecular flexibility index (Phi) is 3.45. The van der Waals surface area contributed by atoms with Gasteiger partial charge in [0.1, 0.15) is 0 Å². The second kappa shape index (κ2) is 4.24. The molecule has 0 aliphatic rings. The molecule has 0 saturated heterocycles. The van der Waals surface area contributed by atoms with E-state index >= 15 is 0 Å². The lowest BCUT2D eigenvalue weighted by Crippen LogP contribution is -2.34. The summed E-state index contributed by atoms with van der Waals surface area (Å²) in [5, 5.41) is 0. The zero-order valence-electron chi connectivity index (χ0n) is 8.38. The van der Waals surface area contributed by atoms with Gasteiger partial charge < -0.3 is 5.73 Å². The molecular weight excluding hydrogens is 242 g/mol. The van der Waals surface area contributed by atoms with Crippen LogP contribution in [0.5, 0.6) is 0 Å². The van der Waals surface area contributed by atoms with Gasteiger partial charge in [0, 0.05) is 22.0 Å². The van der Waals surface area contributed by atoms with Gasteiger partial charge in [0.2, 0.25) is 0 Å². The Labute approximate surface area is 92.6 Å². The van der Waals surface area contributed by atoms with Crippen molar-refractivity contribution >= 4 is 21.7 Å². The molecule has 2 nitrogen and oxygen atoms in total.